The van der Waals surface area contributed by atoms with E-state index in [1.165, 1.54) is 0 Å². The van der Waals surface area contributed by atoms with Crippen LogP contribution in [0.25, 0.3) is 10.9 Å². The number of hydrogen-bond donors (Lipinski definition) is 1. The van der Waals surface area contributed by atoms with Gasteiger partial charge in [0.15, 0.2) is 0 Å². The van der Waals surface area contributed by atoms with Crippen molar-refractivity contribution >= 4 is 35.7 Å². The van der Waals surface area contributed by atoms with Crippen molar-refractivity contribution in [1.29, 1.82) is 0 Å². The fourth-order valence-corrected chi connectivity index (χ4v) is 2.46. The molecule has 1 aliphatic rings. The molecule has 3 rings (SSSR count). The van der Waals surface area contributed by atoms with Crippen molar-refractivity contribution in [3.8, 4) is 0 Å². The van der Waals surface area contributed by atoms with Gasteiger partial charge >= 0.3 is 24.8 Å². The average Bonchev–Trinajstić information content (AvgIpc) is 2.88. The van der Waals surface area contributed by atoms with Crippen LogP contribution in [0.3, 0.4) is 0 Å². The van der Waals surface area contributed by atoms with E-state index in [0.717, 1.165) is 50.3 Å². The topological polar surface area (TPSA) is 67.6 Å². The van der Waals surface area contributed by atoms with Crippen LogP contribution in [0.5, 0.6) is 0 Å². The molecule has 0 spiro atoms. The van der Waals surface area contributed by atoms with Gasteiger partial charge in [-0.2, -0.15) is 5.10 Å². The molecule has 0 saturated carbocycles. The van der Waals surface area contributed by atoms with Crippen molar-refractivity contribution in [1.82, 2.24) is 14.7 Å². The van der Waals surface area contributed by atoms with Gasteiger partial charge in [0.05, 0.1) is 37.0 Å². The van der Waals surface area contributed by atoms with Crippen LogP contribution in [0.4, 0.5) is 0 Å². The summed E-state index contributed by atoms with van der Waals surface area (Å²) in [5.74, 6) is -0.909. The van der Waals surface area contributed by atoms with Gasteiger partial charge in [0, 0.05) is 25.0 Å². The number of benzene rings is 1. The molecule has 0 atom stereocenters. The van der Waals surface area contributed by atoms with E-state index in [1.807, 2.05) is 10.7 Å². The number of nitrogens with zero attached hydrogens (tertiary/aromatic N) is 3. The fourth-order valence-electron chi connectivity index (χ4n) is 2.46. The van der Waals surface area contributed by atoms with Crippen LogP contribution >= 0.6 is 0 Å². The summed E-state index contributed by atoms with van der Waals surface area (Å²) in [6.07, 6.45) is 1.72. The fraction of sp³-hybridized carbons (Fsp3) is 0.429. The SMILES string of the molecule is O=C(O)c1ccc2c(cnn2CCN2CCOCC2)c1.[LiH]. The molecule has 7 heteroatoms. The van der Waals surface area contributed by atoms with Crippen molar-refractivity contribution in [2.75, 3.05) is 32.8 Å². The Morgan fingerprint density at radius 3 is 2.76 bits per heavy atom. The number of ether oxygens (including phenoxy) is 1. The van der Waals surface area contributed by atoms with E-state index in [1.54, 1.807) is 18.3 Å². The summed E-state index contributed by atoms with van der Waals surface area (Å²) in [7, 11) is 0. The Bertz CT molecular complexity index is 623. The van der Waals surface area contributed by atoms with Gasteiger partial charge in [-0.05, 0) is 18.2 Å². The van der Waals surface area contributed by atoms with E-state index in [0.29, 0.717) is 5.56 Å². The summed E-state index contributed by atoms with van der Waals surface area (Å²) in [5.41, 5.74) is 1.27. The zero-order valence-corrected chi connectivity index (χ0v) is 11.2. The van der Waals surface area contributed by atoms with E-state index in [-0.39, 0.29) is 18.9 Å². The number of carboxylic acid groups (broad SMARTS) is 1. The van der Waals surface area contributed by atoms with Crippen LogP contribution in [-0.2, 0) is 11.3 Å². The molecule has 2 heterocycles. The molecule has 0 aliphatic carbocycles. The number of rotatable bonds is 4. The standard InChI is InChI=1S/C14H17N3O3.Li.H/c18-14(19)11-1-2-13-12(9-11)10-15-17(13)4-3-16-5-7-20-8-6-16;;/h1-2,9-10H,3-8H2,(H,18,19);;. The second-order valence-corrected chi connectivity index (χ2v) is 4.90. The summed E-state index contributed by atoms with van der Waals surface area (Å²) in [4.78, 5) is 13.3. The van der Waals surface area contributed by atoms with Crippen molar-refractivity contribution in [3.63, 3.8) is 0 Å². The molecular weight excluding hydrogens is 265 g/mol. The number of fused-ring (bicyclic) bond motifs is 1. The van der Waals surface area contributed by atoms with Crippen molar-refractivity contribution in [3.05, 3.63) is 30.0 Å². The van der Waals surface area contributed by atoms with Crippen LogP contribution in [-0.4, -0.2) is 77.5 Å². The molecule has 1 aromatic carbocycles. The maximum atomic E-state index is 10.9. The molecule has 1 fully saturated rings. The number of aromatic nitrogens is 2. The second-order valence-electron chi connectivity index (χ2n) is 4.90. The van der Waals surface area contributed by atoms with Gasteiger partial charge in [-0.3, -0.25) is 9.58 Å². The molecule has 6 nitrogen and oxygen atoms in total. The van der Waals surface area contributed by atoms with Crippen LogP contribution in [0.2, 0.25) is 0 Å². The van der Waals surface area contributed by atoms with E-state index >= 15 is 0 Å². The Balaban J connectivity index is 0.00000161. The third kappa shape index (κ3) is 3.66. The van der Waals surface area contributed by atoms with Crippen molar-refractivity contribution in [2.45, 2.75) is 6.54 Å². The first-order valence-electron chi connectivity index (χ1n) is 6.73. The second kappa shape index (κ2) is 7.10. The normalized spacial score (nSPS) is 15.8. The maximum absolute atomic E-state index is 10.9. The Morgan fingerprint density at radius 1 is 1.29 bits per heavy atom. The monoisotopic (exact) mass is 283 g/mol. The van der Waals surface area contributed by atoms with Crippen LogP contribution in [0, 0.1) is 0 Å². The van der Waals surface area contributed by atoms with E-state index in [9.17, 15) is 4.79 Å². The molecule has 0 bridgehead atoms. The number of morpholine rings is 1. The number of hydrogen-bond acceptors (Lipinski definition) is 4. The summed E-state index contributed by atoms with van der Waals surface area (Å²) in [6.45, 7) is 5.24. The van der Waals surface area contributed by atoms with Crippen molar-refractivity contribution in [2.24, 2.45) is 0 Å². The predicted octanol–water partition coefficient (Wildman–Crippen LogP) is 0.418. The summed E-state index contributed by atoms with van der Waals surface area (Å²) in [6, 6.07) is 5.11. The zero-order valence-electron chi connectivity index (χ0n) is 11.2. The van der Waals surface area contributed by atoms with E-state index in [4.69, 9.17) is 9.84 Å². The predicted molar refractivity (Wildman–Crippen MR) is 81.1 cm³/mol. The molecule has 108 valence electrons. The molecular formula is C14H18LiN3O3. The molecule has 0 radical (unpaired) electrons. The van der Waals surface area contributed by atoms with Gasteiger partial charge in [-0.15, -0.1) is 0 Å². The minimum atomic E-state index is -0.909. The molecule has 1 aliphatic heterocycles. The quantitative estimate of drug-likeness (QED) is 0.824. The zero-order chi connectivity index (χ0) is 13.9. The molecule has 2 aromatic rings. The Hall–Kier alpha value is -1.32. The number of carbonyl (C=O) groups is 1. The summed E-state index contributed by atoms with van der Waals surface area (Å²) >= 11 is 0. The van der Waals surface area contributed by atoms with Gasteiger partial charge in [-0.1, -0.05) is 0 Å². The number of aromatic carboxylic acids is 1. The van der Waals surface area contributed by atoms with Gasteiger partial charge < -0.3 is 9.84 Å². The molecule has 0 amide bonds. The third-order valence-corrected chi connectivity index (χ3v) is 3.62. The molecule has 21 heavy (non-hydrogen) atoms. The molecule has 0 unspecified atom stereocenters. The third-order valence-electron chi connectivity index (χ3n) is 3.62. The van der Waals surface area contributed by atoms with Gasteiger partial charge in [-0.25, -0.2) is 4.79 Å². The Morgan fingerprint density at radius 2 is 2.05 bits per heavy atom. The Kier molecular flexibility index (Phi) is 5.43. The summed E-state index contributed by atoms with van der Waals surface area (Å²) < 4.78 is 7.25. The molecule has 1 aromatic heterocycles. The Labute approximate surface area is 134 Å². The van der Waals surface area contributed by atoms with Gasteiger partial charge in [0.2, 0.25) is 0 Å². The molecule has 1 saturated heterocycles. The van der Waals surface area contributed by atoms with Crippen LogP contribution < -0.4 is 0 Å². The minimum absolute atomic E-state index is 0. The van der Waals surface area contributed by atoms with Crippen LogP contribution in [0.1, 0.15) is 10.4 Å². The van der Waals surface area contributed by atoms with Gasteiger partial charge in [0.25, 0.3) is 0 Å². The van der Waals surface area contributed by atoms with Crippen LogP contribution in [0.15, 0.2) is 24.4 Å². The summed E-state index contributed by atoms with van der Waals surface area (Å²) in [5, 5.41) is 14.2. The van der Waals surface area contributed by atoms with E-state index in [2.05, 4.69) is 10.00 Å². The first-order valence-corrected chi connectivity index (χ1v) is 6.73. The number of carboxylic acids is 1. The van der Waals surface area contributed by atoms with Crippen molar-refractivity contribution < 1.29 is 14.6 Å². The first-order chi connectivity index (χ1) is 9.74. The van der Waals surface area contributed by atoms with Gasteiger partial charge in [0.1, 0.15) is 0 Å². The molecule has 1 N–H and O–H groups in total. The first kappa shape index (κ1) is 16.1. The average molecular weight is 283 g/mol. The van der Waals surface area contributed by atoms with E-state index < -0.39 is 5.97 Å².